The van der Waals surface area contributed by atoms with E-state index in [1.165, 1.54) is 0 Å². The fourth-order valence-corrected chi connectivity index (χ4v) is 2.19. The third kappa shape index (κ3) is 4.91. The van der Waals surface area contributed by atoms with Crippen molar-refractivity contribution in [2.45, 2.75) is 19.8 Å². The van der Waals surface area contributed by atoms with Gasteiger partial charge in [-0.15, -0.1) is 24.3 Å². The predicted molar refractivity (Wildman–Crippen MR) is 77.1 cm³/mol. The second-order valence-electron chi connectivity index (χ2n) is 4.53. The van der Waals surface area contributed by atoms with Crippen LogP contribution >= 0.6 is 0 Å². The fourth-order valence-electron chi connectivity index (χ4n) is 2.19. The molecule has 0 atom stereocenters. The van der Waals surface area contributed by atoms with Gasteiger partial charge in [-0.3, -0.25) is 4.79 Å². The van der Waals surface area contributed by atoms with Crippen molar-refractivity contribution in [3.63, 3.8) is 0 Å². The van der Waals surface area contributed by atoms with E-state index in [1.807, 2.05) is 31.2 Å². The molecule has 1 aliphatic rings. The van der Waals surface area contributed by atoms with Crippen LogP contribution in [-0.2, 0) is 42.2 Å². The molecule has 1 aromatic carbocycles. The maximum Gasteiger partial charge on any atom is 0.223 e. The monoisotopic (exact) mass is 363 g/mol. The molecule has 0 N–H and O–H groups in total. The molecule has 4 nitrogen and oxygen atoms in total. The van der Waals surface area contributed by atoms with Gasteiger partial charge in [0.25, 0.3) is 0 Å². The number of carbonyl (C=O) groups excluding carboxylic acids is 1. The molecular formula is C16H20NO3Y-. The third-order valence-corrected chi connectivity index (χ3v) is 3.20. The molecule has 0 saturated carbocycles. The van der Waals surface area contributed by atoms with Crippen LogP contribution < -0.4 is 4.74 Å². The van der Waals surface area contributed by atoms with Crippen molar-refractivity contribution >= 4 is 11.6 Å². The number of hydrogen-bond acceptors (Lipinski definition) is 3. The average Bonchev–Trinajstić information content (AvgIpc) is 2.48. The van der Waals surface area contributed by atoms with Gasteiger partial charge in [0, 0.05) is 52.8 Å². The van der Waals surface area contributed by atoms with E-state index in [-0.39, 0.29) is 38.6 Å². The molecule has 0 aromatic heterocycles. The molecule has 1 amide bonds. The second kappa shape index (κ2) is 9.34. The van der Waals surface area contributed by atoms with Gasteiger partial charge in [-0.05, 0) is 19.1 Å². The maximum absolute atomic E-state index is 11.9. The normalized spacial score (nSPS) is 14.5. The van der Waals surface area contributed by atoms with E-state index < -0.39 is 0 Å². The Hall–Kier alpha value is -0.706. The Kier molecular flexibility index (Phi) is 8.16. The first-order chi connectivity index (χ1) is 9.76. The molecule has 0 unspecified atom stereocenters. The van der Waals surface area contributed by atoms with Crippen LogP contribution in [0.4, 0.5) is 0 Å². The summed E-state index contributed by atoms with van der Waals surface area (Å²) in [4.78, 5) is 13.7. The van der Waals surface area contributed by atoms with Crippen LogP contribution in [0.3, 0.4) is 0 Å². The van der Waals surface area contributed by atoms with E-state index in [0.717, 1.165) is 17.0 Å². The van der Waals surface area contributed by atoms with E-state index in [4.69, 9.17) is 9.47 Å². The first kappa shape index (κ1) is 18.3. The van der Waals surface area contributed by atoms with Crippen LogP contribution in [0.25, 0.3) is 5.70 Å². The van der Waals surface area contributed by atoms with Crippen molar-refractivity contribution in [3.8, 4) is 5.75 Å². The number of rotatable bonds is 6. The number of ether oxygens (including phenoxy) is 2. The van der Waals surface area contributed by atoms with Gasteiger partial charge in [-0.1, -0.05) is 0 Å². The standard InChI is InChI=1S/C16H20NO3.Y/c1-3-17-15(5-4-6-16(17)18)13-7-9-14(10-8-13)20-12-11-19-2;/h7-10H,3-4,6,11-12H2,1-2H3;/q-1;. The fraction of sp³-hybridized carbons (Fsp3) is 0.438. The molecule has 0 saturated heterocycles. The zero-order chi connectivity index (χ0) is 14.4. The number of allylic oxidation sites excluding steroid dienone is 1. The summed E-state index contributed by atoms with van der Waals surface area (Å²) in [5.41, 5.74) is 1.88. The van der Waals surface area contributed by atoms with Crippen LogP contribution in [0.2, 0.25) is 0 Å². The molecule has 0 spiro atoms. The molecule has 1 heterocycles. The summed E-state index contributed by atoms with van der Waals surface area (Å²) < 4.78 is 10.5. The Balaban J connectivity index is 0.00000220. The van der Waals surface area contributed by atoms with Gasteiger partial charge in [0.1, 0.15) is 12.4 Å². The number of benzene rings is 1. The quantitative estimate of drug-likeness (QED) is 0.576. The summed E-state index contributed by atoms with van der Waals surface area (Å²) in [6, 6.07) is 7.75. The minimum Gasteiger partial charge on any atom is -0.491 e. The van der Waals surface area contributed by atoms with Crippen molar-refractivity contribution in [1.82, 2.24) is 4.90 Å². The number of carbonyl (C=O) groups is 1. The Labute approximate surface area is 151 Å². The van der Waals surface area contributed by atoms with Crippen molar-refractivity contribution in [2.24, 2.45) is 0 Å². The van der Waals surface area contributed by atoms with Crippen LogP contribution in [0.5, 0.6) is 5.75 Å². The van der Waals surface area contributed by atoms with Gasteiger partial charge < -0.3 is 14.4 Å². The van der Waals surface area contributed by atoms with Crippen LogP contribution in [0.15, 0.2) is 24.3 Å². The first-order valence-electron chi connectivity index (χ1n) is 6.89. The molecule has 1 aliphatic heterocycles. The Bertz CT molecular complexity index is 485. The minimum atomic E-state index is 0. The Morgan fingerprint density at radius 3 is 2.57 bits per heavy atom. The Morgan fingerprint density at radius 1 is 1.24 bits per heavy atom. The first-order valence-corrected chi connectivity index (χ1v) is 6.89. The minimum absolute atomic E-state index is 0. The summed E-state index contributed by atoms with van der Waals surface area (Å²) in [6.45, 7) is 3.75. The average molecular weight is 363 g/mol. The van der Waals surface area contributed by atoms with Gasteiger partial charge in [0.15, 0.2) is 0 Å². The third-order valence-electron chi connectivity index (χ3n) is 3.20. The molecule has 5 heteroatoms. The molecule has 2 rings (SSSR count). The summed E-state index contributed by atoms with van der Waals surface area (Å²) in [5, 5.41) is 0. The molecule has 1 radical (unpaired) electrons. The van der Waals surface area contributed by atoms with Gasteiger partial charge in [-0.25, -0.2) is 6.08 Å². The predicted octanol–water partition coefficient (Wildman–Crippen LogP) is 2.50. The maximum atomic E-state index is 11.9. The van der Waals surface area contributed by atoms with E-state index in [9.17, 15) is 4.79 Å². The van der Waals surface area contributed by atoms with Gasteiger partial charge in [0.05, 0.1) is 6.61 Å². The van der Waals surface area contributed by atoms with Crippen LogP contribution in [0.1, 0.15) is 25.3 Å². The molecule has 111 valence electrons. The Morgan fingerprint density at radius 2 is 1.95 bits per heavy atom. The van der Waals surface area contributed by atoms with Crippen LogP contribution in [-0.4, -0.2) is 37.7 Å². The topological polar surface area (TPSA) is 38.8 Å². The van der Waals surface area contributed by atoms with Gasteiger partial charge >= 0.3 is 0 Å². The zero-order valence-electron chi connectivity index (χ0n) is 12.6. The molecule has 21 heavy (non-hydrogen) atoms. The number of methoxy groups -OCH3 is 1. The van der Waals surface area contributed by atoms with E-state index >= 15 is 0 Å². The zero-order valence-corrected chi connectivity index (χ0v) is 15.4. The van der Waals surface area contributed by atoms with Gasteiger partial charge in [0.2, 0.25) is 5.91 Å². The van der Waals surface area contributed by atoms with Crippen molar-refractivity contribution in [1.29, 1.82) is 0 Å². The van der Waals surface area contributed by atoms with Crippen molar-refractivity contribution in [3.05, 3.63) is 35.9 Å². The summed E-state index contributed by atoms with van der Waals surface area (Å²) >= 11 is 0. The van der Waals surface area contributed by atoms with E-state index in [2.05, 4.69) is 6.08 Å². The van der Waals surface area contributed by atoms with Crippen molar-refractivity contribution < 1.29 is 47.0 Å². The molecule has 0 bridgehead atoms. The SMILES string of the molecule is CCN1C(=O)CC[C-]=C1c1ccc(OCCOC)cc1.[Y]. The smallest absolute Gasteiger partial charge is 0.223 e. The van der Waals surface area contributed by atoms with Crippen LogP contribution in [0, 0.1) is 6.08 Å². The molecule has 0 fully saturated rings. The largest absolute Gasteiger partial charge is 0.491 e. The summed E-state index contributed by atoms with van der Waals surface area (Å²) in [6.07, 6.45) is 4.54. The number of hydrogen-bond donors (Lipinski definition) is 0. The number of amides is 1. The molecule has 1 aromatic rings. The summed E-state index contributed by atoms with van der Waals surface area (Å²) in [7, 11) is 1.65. The molecule has 0 aliphatic carbocycles. The van der Waals surface area contributed by atoms with Crippen molar-refractivity contribution in [2.75, 3.05) is 26.9 Å². The second-order valence-corrected chi connectivity index (χ2v) is 4.53. The number of nitrogens with zero attached hydrogens (tertiary/aromatic N) is 1. The summed E-state index contributed by atoms with van der Waals surface area (Å²) in [5.74, 6) is 0.971. The van der Waals surface area contributed by atoms with Gasteiger partial charge in [-0.2, -0.15) is 5.56 Å². The van der Waals surface area contributed by atoms with E-state index in [1.54, 1.807) is 12.0 Å². The van der Waals surface area contributed by atoms with E-state index in [0.29, 0.717) is 32.6 Å². The molecular weight excluding hydrogens is 343 g/mol.